The maximum absolute atomic E-state index is 11.6. The molecule has 1 unspecified atom stereocenters. The molecule has 1 atom stereocenters. The van der Waals surface area contributed by atoms with Crippen molar-refractivity contribution in [2.45, 2.75) is 20.8 Å². The summed E-state index contributed by atoms with van der Waals surface area (Å²) in [6.07, 6.45) is 0. The van der Waals surface area contributed by atoms with Crippen LogP contribution in [0.5, 0.6) is 0 Å². The lowest BCUT2D eigenvalue weighted by Gasteiger charge is -2.09. The Hall–Kier alpha value is -1.14. The lowest BCUT2D eigenvalue weighted by atomic mass is 10.2. The fraction of sp³-hybridized carbons (Fsp3) is 0.667. The summed E-state index contributed by atoms with van der Waals surface area (Å²) in [5.41, 5.74) is 0.406. The summed E-state index contributed by atoms with van der Waals surface area (Å²) in [5, 5.41) is 3.96. The van der Waals surface area contributed by atoms with Crippen LogP contribution in [-0.2, 0) is 9.47 Å². The van der Waals surface area contributed by atoms with E-state index in [0.717, 1.165) is 16.6 Å². The highest BCUT2D eigenvalue weighted by atomic mass is 32.1. The molecule has 0 fully saturated rings. The Bertz CT molecular complexity index is 393. The molecule has 0 amide bonds. The maximum Gasteiger partial charge on any atom is 0.358 e. The number of aromatic nitrogens is 1. The molecule has 1 aromatic heterocycles. The first-order valence-electron chi connectivity index (χ1n) is 5.95. The third-order valence-corrected chi connectivity index (χ3v) is 3.25. The zero-order chi connectivity index (χ0) is 13.5. The van der Waals surface area contributed by atoms with E-state index in [1.807, 2.05) is 6.92 Å². The number of carbonyl (C=O) groups is 1. The van der Waals surface area contributed by atoms with Crippen molar-refractivity contribution in [1.29, 1.82) is 0 Å². The van der Waals surface area contributed by atoms with Crippen LogP contribution >= 0.6 is 11.3 Å². The van der Waals surface area contributed by atoms with Gasteiger partial charge in [0.25, 0.3) is 0 Å². The second-order valence-electron chi connectivity index (χ2n) is 4.09. The van der Waals surface area contributed by atoms with Crippen LogP contribution in [0.1, 0.15) is 29.2 Å². The normalized spacial score (nSPS) is 12.2. The SMILES string of the molecule is CCOC(=O)c1nc(NCC(C)COC)sc1C. The highest BCUT2D eigenvalue weighted by Crippen LogP contribution is 2.22. The monoisotopic (exact) mass is 272 g/mol. The summed E-state index contributed by atoms with van der Waals surface area (Å²) in [6, 6.07) is 0. The molecule has 1 N–H and O–H groups in total. The van der Waals surface area contributed by atoms with Crippen LogP contribution in [0.3, 0.4) is 0 Å². The van der Waals surface area contributed by atoms with Crippen molar-refractivity contribution in [2.24, 2.45) is 5.92 Å². The molecule has 0 aromatic carbocycles. The number of anilines is 1. The van der Waals surface area contributed by atoms with Gasteiger partial charge >= 0.3 is 5.97 Å². The Morgan fingerprint density at radius 2 is 2.28 bits per heavy atom. The third-order valence-electron chi connectivity index (χ3n) is 2.32. The molecule has 0 aliphatic rings. The molecule has 0 aliphatic heterocycles. The molecular weight excluding hydrogens is 252 g/mol. The van der Waals surface area contributed by atoms with Crippen LogP contribution in [0.2, 0.25) is 0 Å². The number of thiazole rings is 1. The van der Waals surface area contributed by atoms with Gasteiger partial charge in [0.1, 0.15) is 0 Å². The zero-order valence-corrected chi connectivity index (χ0v) is 12.1. The fourth-order valence-electron chi connectivity index (χ4n) is 1.47. The molecule has 0 radical (unpaired) electrons. The molecule has 0 aliphatic carbocycles. The van der Waals surface area contributed by atoms with Gasteiger partial charge in [-0.25, -0.2) is 9.78 Å². The lowest BCUT2D eigenvalue weighted by Crippen LogP contribution is -2.15. The molecule has 6 heteroatoms. The summed E-state index contributed by atoms with van der Waals surface area (Å²) < 4.78 is 10.0. The Labute approximate surface area is 112 Å². The Kier molecular flexibility index (Phi) is 6.07. The number of carbonyl (C=O) groups excluding carboxylic acids is 1. The second kappa shape index (κ2) is 7.33. The summed E-state index contributed by atoms with van der Waals surface area (Å²) >= 11 is 1.46. The molecule has 0 saturated heterocycles. The molecule has 5 nitrogen and oxygen atoms in total. The topological polar surface area (TPSA) is 60.5 Å². The highest BCUT2D eigenvalue weighted by molar-refractivity contribution is 7.15. The van der Waals surface area contributed by atoms with Crippen molar-refractivity contribution in [3.05, 3.63) is 10.6 Å². The number of rotatable bonds is 7. The first-order valence-corrected chi connectivity index (χ1v) is 6.77. The van der Waals surface area contributed by atoms with E-state index in [4.69, 9.17) is 9.47 Å². The number of aryl methyl sites for hydroxylation is 1. The van der Waals surface area contributed by atoms with E-state index in [-0.39, 0.29) is 5.97 Å². The van der Waals surface area contributed by atoms with Crippen LogP contribution in [0.4, 0.5) is 5.13 Å². The fourth-order valence-corrected chi connectivity index (χ4v) is 2.27. The number of hydrogen-bond acceptors (Lipinski definition) is 6. The Morgan fingerprint density at radius 1 is 1.56 bits per heavy atom. The van der Waals surface area contributed by atoms with E-state index >= 15 is 0 Å². The van der Waals surface area contributed by atoms with Crippen LogP contribution < -0.4 is 5.32 Å². The van der Waals surface area contributed by atoms with Gasteiger partial charge in [-0.05, 0) is 19.8 Å². The Balaban J connectivity index is 2.58. The number of nitrogens with zero attached hydrogens (tertiary/aromatic N) is 1. The van der Waals surface area contributed by atoms with Crippen molar-refractivity contribution in [2.75, 3.05) is 32.2 Å². The van der Waals surface area contributed by atoms with Gasteiger partial charge in [0.05, 0.1) is 13.2 Å². The number of nitrogens with one attached hydrogen (secondary N) is 1. The minimum absolute atomic E-state index is 0.357. The first-order chi connectivity index (χ1) is 8.58. The van der Waals surface area contributed by atoms with Gasteiger partial charge in [0, 0.05) is 18.5 Å². The van der Waals surface area contributed by atoms with Crippen molar-refractivity contribution in [3.8, 4) is 0 Å². The predicted molar refractivity (Wildman–Crippen MR) is 72.3 cm³/mol. The Morgan fingerprint density at radius 3 is 2.89 bits per heavy atom. The first kappa shape index (κ1) is 14.9. The summed E-state index contributed by atoms with van der Waals surface area (Å²) in [4.78, 5) is 16.7. The third kappa shape index (κ3) is 4.27. The van der Waals surface area contributed by atoms with Gasteiger partial charge in [0.15, 0.2) is 10.8 Å². The molecular formula is C12H20N2O3S. The van der Waals surface area contributed by atoms with E-state index in [2.05, 4.69) is 17.2 Å². The maximum atomic E-state index is 11.6. The standard InChI is InChI=1S/C12H20N2O3S/c1-5-17-11(15)10-9(3)18-12(14-10)13-6-8(2)7-16-4/h8H,5-7H2,1-4H3,(H,13,14). The largest absolute Gasteiger partial charge is 0.461 e. The molecule has 0 saturated carbocycles. The minimum Gasteiger partial charge on any atom is -0.461 e. The number of methoxy groups -OCH3 is 1. The minimum atomic E-state index is -0.357. The van der Waals surface area contributed by atoms with Crippen LogP contribution in [0.15, 0.2) is 0 Å². The molecule has 1 heterocycles. The summed E-state index contributed by atoms with van der Waals surface area (Å²) in [7, 11) is 1.68. The van der Waals surface area contributed by atoms with Crippen LogP contribution in [0.25, 0.3) is 0 Å². The average molecular weight is 272 g/mol. The van der Waals surface area contributed by atoms with Crippen LogP contribution in [0, 0.1) is 12.8 Å². The number of ether oxygens (including phenoxy) is 2. The summed E-state index contributed by atoms with van der Waals surface area (Å²) in [6.45, 7) is 7.57. The molecule has 0 bridgehead atoms. The van der Waals surface area contributed by atoms with E-state index < -0.39 is 0 Å². The van der Waals surface area contributed by atoms with E-state index in [0.29, 0.717) is 24.8 Å². The van der Waals surface area contributed by atoms with Gasteiger partial charge in [-0.15, -0.1) is 11.3 Å². The number of esters is 1. The van der Waals surface area contributed by atoms with Crippen molar-refractivity contribution >= 4 is 22.4 Å². The van der Waals surface area contributed by atoms with Gasteiger partial charge in [-0.1, -0.05) is 6.92 Å². The molecule has 1 aromatic rings. The summed E-state index contributed by atoms with van der Waals surface area (Å²) in [5.74, 6) is 0.0366. The zero-order valence-electron chi connectivity index (χ0n) is 11.3. The molecule has 0 spiro atoms. The van der Waals surface area contributed by atoms with Gasteiger partial charge in [0.2, 0.25) is 0 Å². The van der Waals surface area contributed by atoms with Crippen molar-refractivity contribution in [3.63, 3.8) is 0 Å². The molecule has 1 rings (SSSR count). The van der Waals surface area contributed by atoms with Gasteiger partial charge < -0.3 is 14.8 Å². The van der Waals surface area contributed by atoms with Gasteiger partial charge in [-0.3, -0.25) is 0 Å². The molecule has 18 heavy (non-hydrogen) atoms. The smallest absolute Gasteiger partial charge is 0.358 e. The van der Waals surface area contributed by atoms with Crippen molar-refractivity contribution < 1.29 is 14.3 Å². The van der Waals surface area contributed by atoms with E-state index in [1.54, 1.807) is 14.0 Å². The van der Waals surface area contributed by atoms with Gasteiger partial charge in [-0.2, -0.15) is 0 Å². The second-order valence-corrected chi connectivity index (χ2v) is 5.29. The van der Waals surface area contributed by atoms with Crippen molar-refractivity contribution in [1.82, 2.24) is 4.98 Å². The van der Waals surface area contributed by atoms with E-state index in [9.17, 15) is 4.79 Å². The molecule has 102 valence electrons. The quantitative estimate of drug-likeness (QED) is 0.772. The number of hydrogen-bond donors (Lipinski definition) is 1. The van der Waals surface area contributed by atoms with E-state index in [1.165, 1.54) is 11.3 Å². The van der Waals surface area contributed by atoms with Crippen LogP contribution in [-0.4, -0.2) is 37.8 Å². The average Bonchev–Trinajstić information content (AvgIpc) is 2.69. The predicted octanol–water partition coefficient (Wildman–Crippen LogP) is 2.32. The lowest BCUT2D eigenvalue weighted by molar-refractivity contribution is 0.0519. The highest BCUT2D eigenvalue weighted by Gasteiger charge is 2.16.